The summed E-state index contributed by atoms with van der Waals surface area (Å²) in [6.07, 6.45) is -8.23. The third kappa shape index (κ3) is 3.09. The molecule has 90 valence electrons. The van der Waals surface area contributed by atoms with Crippen molar-refractivity contribution in [2.24, 2.45) is 0 Å². The lowest BCUT2D eigenvalue weighted by Gasteiger charge is -2.09. The summed E-state index contributed by atoms with van der Waals surface area (Å²) in [6, 6.07) is 0.456. The lowest BCUT2D eigenvalue weighted by atomic mass is 10.3. The van der Waals surface area contributed by atoms with E-state index in [2.05, 4.69) is 4.74 Å². The van der Waals surface area contributed by atoms with E-state index < -0.39 is 34.8 Å². The Morgan fingerprint density at radius 3 is 2.31 bits per heavy atom. The topological polar surface area (TPSA) is 42.1 Å². The Morgan fingerprint density at radius 2 is 1.94 bits per heavy atom. The van der Waals surface area contributed by atoms with E-state index in [0.717, 1.165) is 0 Å². The van der Waals surface area contributed by atoms with Crippen LogP contribution in [0.3, 0.4) is 0 Å². The molecule has 1 heterocycles. The van der Waals surface area contributed by atoms with Crippen molar-refractivity contribution in [1.29, 1.82) is 0 Å². The Labute approximate surface area is 89.8 Å². The molecule has 0 radical (unpaired) electrons. The highest BCUT2D eigenvalue weighted by Crippen LogP contribution is 2.27. The fraction of sp³-hybridized carbons (Fsp3) is 0.286. The van der Waals surface area contributed by atoms with Gasteiger partial charge >= 0.3 is 6.36 Å². The van der Waals surface area contributed by atoms with Crippen LogP contribution in [0.15, 0.2) is 10.9 Å². The second-order valence-corrected chi connectivity index (χ2v) is 2.98. The highest BCUT2D eigenvalue weighted by atomic mass is 35.5. The summed E-state index contributed by atoms with van der Waals surface area (Å²) in [5.41, 5.74) is -2.53. The number of rotatable bonds is 2. The van der Waals surface area contributed by atoms with Crippen molar-refractivity contribution in [2.75, 3.05) is 0 Å². The van der Waals surface area contributed by atoms with E-state index in [4.69, 9.17) is 11.6 Å². The van der Waals surface area contributed by atoms with Gasteiger partial charge in [-0.3, -0.25) is 9.78 Å². The Bertz CT molecular complexity index is 441. The average molecular weight is 264 g/mol. The van der Waals surface area contributed by atoms with Crippen molar-refractivity contribution < 1.29 is 26.7 Å². The van der Waals surface area contributed by atoms with Crippen LogP contribution in [-0.2, 0) is 0 Å². The molecule has 1 rings (SSSR count). The van der Waals surface area contributed by atoms with Gasteiger partial charge in [0, 0.05) is 6.07 Å². The fourth-order valence-electron chi connectivity index (χ4n) is 0.900. The van der Waals surface area contributed by atoms with Gasteiger partial charge in [-0.15, -0.1) is 13.2 Å². The van der Waals surface area contributed by atoms with Gasteiger partial charge in [0.25, 0.3) is 12.0 Å². The third-order valence-electron chi connectivity index (χ3n) is 1.44. The fourth-order valence-corrected chi connectivity index (χ4v) is 1.17. The van der Waals surface area contributed by atoms with Crippen LogP contribution >= 0.6 is 11.6 Å². The van der Waals surface area contributed by atoms with Gasteiger partial charge in [0.15, 0.2) is 0 Å². The minimum Gasteiger partial charge on any atom is -0.390 e. The number of aromatic amines is 1. The summed E-state index contributed by atoms with van der Waals surface area (Å²) in [4.78, 5) is 12.4. The summed E-state index contributed by atoms with van der Waals surface area (Å²) in [5, 5.41) is -0.794. The summed E-state index contributed by atoms with van der Waals surface area (Å²) >= 11 is 5.21. The molecule has 0 saturated carbocycles. The van der Waals surface area contributed by atoms with E-state index in [1.54, 1.807) is 0 Å². The van der Waals surface area contributed by atoms with Crippen molar-refractivity contribution in [3.8, 4) is 5.88 Å². The van der Waals surface area contributed by atoms with Crippen LogP contribution in [0.4, 0.5) is 22.0 Å². The molecule has 3 nitrogen and oxygen atoms in total. The molecular formula is C7H3ClF5NO2. The molecule has 0 fully saturated rings. The second kappa shape index (κ2) is 4.28. The highest BCUT2D eigenvalue weighted by Gasteiger charge is 2.32. The van der Waals surface area contributed by atoms with E-state index in [9.17, 15) is 26.7 Å². The van der Waals surface area contributed by atoms with Crippen LogP contribution in [0.5, 0.6) is 5.88 Å². The zero-order chi connectivity index (χ0) is 12.5. The minimum absolute atomic E-state index is 0.456. The average Bonchev–Trinajstić information content (AvgIpc) is 1.96. The number of pyridine rings is 1. The molecule has 1 aromatic heterocycles. The van der Waals surface area contributed by atoms with Crippen LogP contribution in [0.1, 0.15) is 12.0 Å². The number of nitrogens with one attached hydrogen (secondary N) is 1. The molecule has 0 saturated heterocycles. The van der Waals surface area contributed by atoms with Crippen molar-refractivity contribution in [3.63, 3.8) is 0 Å². The number of alkyl halides is 5. The number of aromatic nitrogens is 1. The molecule has 9 heteroatoms. The molecule has 16 heavy (non-hydrogen) atoms. The molecule has 0 aliphatic heterocycles. The van der Waals surface area contributed by atoms with Crippen molar-refractivity contribution in [1.82, 2.24) is 4.98 Å². The Balaban J connectivity index is 3.16. The van der Waals surface area contributed by atoms with Gasteiger partial charge in [-0.2, -0.15) is 0 Å². The van der Waals surface area contributed by atoms with Gasteiger partial charge in [0.1, 0.15) is 5.56 Å². The van der Waals surface area contributed by atoms with Crippen LogP contribution < -0.4 is 10.3 Å². The van der Waals surface area contributed by atoms with Gasteiger partial charge in [-0.1, -0.05) is 11.6 Å². The Hall–Kier alpha value is -1.31. The lowest BCUT2D eigenvalue weighted by molar-refractivity contribution is -0.276. The second-order valence-electron chi connectivity index (χ2n) is 2.57. The predicted molar refractivity (Wildman–Crippen MR) is 43.7 cm³/mol. The molecular weight excluding hydrogens is 261 g/mol. The van der Waals surface area contributed by atoms with Gasteiger partial charge in [-0.25, -0.2) is 8.78 Å². The lowest BCUT2D eigenvalue weighted by Crippen LogP contribution is -2.21. The monoisotopic (exact) mass is 263 g/mol. The molecule has 0 amide bonds. The van der Waals surface area contributed by atoms with Gasteiger partial charge in [-0.05, 0) is 0 Å². The number of halogens is 6. The van der Waals surface area contributed by atoms with Crippen molar-refractivity contribution >= 4 is 11.6 Å². The first-order valence-electron chi connectivity index (χ1n) is 3.67. The molecule has 0 aliphatic rings. The summed E-state index contributed by atoms with van der Waals surface area (Å²) in [5.74, 6) is -1.05. The van der Waals surface area contributed by atoms with Crippen LogP contribution in [0, 0.1) is 0 Å². The van der Waals surface area contributed by atoms with E-state index in [1.807, 2.05) is 0 Å². The molecule has 0 aliphatic carbocycles. The number of ether oxygens (including phenoxy) is 1. The Morgan fingerprint density at radius 1 is 1.38 bits per heavy atom. The van der Waals surface area contributed by atoms with Crippen LogP contribution in [-0.4, -0.2) is 11.3 Å². The molecule has 0 bridgehead atoms. The summed E-state index contributed by atoms with van der Waals surface area (Å²) < 4.78 is 62.9. The van der Waals surface area contributed by atoms with Crippen molar-refractivity contribution in [3.05, 3.63) is 27.0 Å². The molecule has 0 atom stereocenters. The maximum Gasteiger partial charge on any atom is 0.574 e. The maximum absolute atomic E-state index is 12.2. The first-order chi connectivity index (χ1) is 7.20. The van der Waals surface area contributed by atoms with E-state index >= 15 is 0 Å². The quantitative estimate of drug-likeness (QED) is 0.834. The highest BCUT2D eigenvalue weighted by molar-refractivity contribution is 6.31. The van der Waals surface area contributed by atoms with E-state index in [0.29, 0.717) is 6.07 Å². The standard InChI is InChI=1S/C7H3ClF5NO2/c8-2-1-3(16-7(11,12)13)14-6(15)4(2)5(9)10/h1,5H,(H,14,15). The molecule has 1 aromatic rings. The molecule has 0 unspecified atom stereocenters. The zero-order valence-corrected chi connectivity index (χ0v) is 7.99. The molecule has 0 aromatic carbocycles. The summed E-state index contributed by atoms with van der Waals surface area (Å²) in [7, 11) is 0. The Kier molecular flexibility index (Phi) is 3.41. The van der Waals surface area contributed by atoms with Gasteiger partial charge < -0.3 is 4.74 Å². The molecule has 0 spiro atoms. The minimum atomic E-state index is -5.04. The van der Waals surface area contributed by atoms with Crippen LogP contribution in [0.2, 0.25) is 5.02 Å². The summed E-state index contributed by atoms with van der Waals surface area (Å²) in [6.45, 7) is 0. The van der Waals surface area contributed by atoms with Crippen molar-refractivity contribution in [2.45, 2.75) is 12.8 Å². The number of hydrogen-bond donors (Lipinski definition) is 1. The first kappa shape index (κ1) is 12.8. The normalized spacial score (nSPS) is 11.9. The van der Waals surface area contributed by atoms with E-state index in [1.165, 1.54) is 4.98 Å². The van der Waals surface area contributed by atoms with Gasteiger partial charge in [0.05, 0.1) is 5.02 Å². The first-order valence-corrected chi connectivity index (χ1v) is 4.05. The smallest absolute Gasteiger partial charge is 0.390 e. The maximum atomic E-state index is 12.2. The van der Waals surface area contributed by atoms with Gasteiger partial charge in [0.2, 0.25) is 5.88 Å². The largest absolute Gasteiger partial charge is 0.574 e. The predicted octanol–water partition coefficient (Wildman–Crippen LogP) is 2.86. The van der Waals surface area contributed by atoms with E-state index in [-0.39, 0.29) is 0 Å². The number of hydrogen-bond acceptors (Lipinski definition) is 2. The van der Waals surface area contributed by atoms with Crippen LogP contribution in [0.25, 0.3) is 0 Å². The SMILES string of the molecule is O=c1[nH]c(OC(F)(F)F)cc(Cl)c1C(F)F. The zero-order valence-electron chi connectivity index (χ0n) is 7.24. The molecule has 1 N–H and O–H groups in total. The number of H-pyrrole nitrogens is 1. The third-order valence-corrected chi connectivity index (χ3v) is 1.75.